The van der Waals surface area contributed by atoms with Crippen LogP contribution in [0.25, 0.3) is 0 Å². The smallest absolute Gasteiger partial charge is 0.233 e. The number of nitrogens with zero attached hydrogens (tertiary/aromatic N) is 1. The Labute approximate surface area is 91.3 Å². The highest BCUT2D eigenvalue weighted by Crippen LogP contribution is 2.22. The maximum Gasteiger partial charge on any atom is 0.233 e. The fourth-order valence-electron chi connectivity index (χ4n) is 0.863. The Morgan fingerprint density at radius 1 is 1.79 bits per heavy atom. The van der Waals surface area contributed by atoms with Crippen LogP contribution in [0.5, 0.6) is 0 Å². The predicted molar refractivity (Wildman–Crippen MR) is 59.1 cm³/mol. The van der Waals surface area contributed by atoms with E-state index < -0.39 is 0 Å². The third-order valence-electron chi connectivity index (χ3n) is 1.53. The number of thioether (sulfide) groups is 1. The van der Waals surface area contributed by atoms with E-state index in [1.165, 1.54) is 0 Å². The summed E-state index contributed by atoms with van der Waals surface area (Å²) in [6.07, 6.45) is 1.31. The molecule has 0 spiro atoms. The van der Waals surface area contributed by atoms with E-state index in [2.05, 4.69) is 10.4 Å². The molecular formula is C8H13N3OS2. The number of carbonyl (C=O) groups excluding carboxylic acids is 1. The number of hydrogen-bond donors (Lipinski definition) is 2. The molecule has 0 saturated carbocycles. The van der Waals surface area contributed by atoms with E-state index in [1.54, 1.807) is 23.1 Å². The number of hydrogen-bond acceptors (Lipinski definition) is 5. The van der Waals surface area contributed by atoms with Crippen LogP contribution in [0.2, 0.25) is 0 Å². The Morgan fingerprint density at radius 3 is 3.14 bits per heavy atom. The summed E-state index contributed by atoms with van der Waals surface area (Å²) in [6.45, 7) is 1.97. The van der Waals surface area contributed by atoms with Gasteiger partial charge in [0.25, 0.3) is 0 Å². The van der Waals surface area contributed by atoms with E-state index in [1.807, 2.05) is 12.3 Å². The van der Waals surface area contributed by atoms with Gasteiger partial charge in [-0.05, 0) is 13.3 Å². The molecule has 6 heteroatoms. The molecule has 78 valence electrons. The molecule has 3 N–H and O–H groups in total. The van der Waals surface area contributed by atoms with Gasteiger partial charge in [-0.15, -0.1) is 11.3 Å². The Morgan fingerprint density at radius 2 is 2.57 bits per heavy atom. The van der Waals surface area contributed by atoms with Crippen molar-refractivity contribution >= 4 is 29.0 Å². The Bertz CT molecular complexity index is 301. The molecular weight excluding hydrogens is 218 g/mol. The van der Waals surface area contributed by atoms with Crippen molar-refractivity contribution in [1.29, 1.82) is 0 Å². The lowest BCUT2D eigenvalue weighted by molar-refractivity contribution is -0.121. The van der Waals surface area contributed by atoms with Crippen LogP contribution in [0.1, 0.15) is 18.5 Å². The fraction of sp³-hybridized carbons (Fsp3) is 0.500. The third-order valence-corrected chi connectivity index (χ3v) is 3.76. The first kappa shape index (κ1) is 11.5. The van der Waals surface area contributed by atoms with Gasteiger partial charge in [-0.2, -0.15) is 0 Å². The first-order chi connectivity index (χ1) is 6.72. The van der Waals surface area contributed by atoms with E-state index in [0.29, 0.717) is 6.42 Å². The number of aryl methyl sites for hydroxylation is 1. The number of nitrogens with two attached hydrogens (primary N) is 1. The van der Waals surface area contributed by atoms with Crippen LogP contribution >= 0.6 is 23.1 Å². The minimum Gasteiger partial charge on any atom is -0.294 e. The summed E-state index contributed by atoms with van der Waals surface area (Å²) in [5, 5.41) is 2.02. The van der Waals surface area contributed by atoms with Crippen molar-refractivity contribution in [2.24, 2.45) is 5.84 Å². The topological polar surface area (TPSA) is 68.0 Å². The van der Waals surface area contributed by atoms with Gasteiger partial charge in [0.1, 0.15) is 4.34 Å². The third kappa shape index (κ3) is 4.08. The molecule has 1 rings (SSSR count). The number of hydrazine groups is 1. The van der Waals surface area contributed by atoms with Crippen molar-refractivity contribution in [3.8, 4) is 0 Å². The van der Waals surface area contributed by atoms with Crippen LogP contribution in [-0.2, 0) is 4.79 Å². The van der Waals surface area contributed by atoms with Crippen LogP contribution in [-0.4, -0.2) is 16.6 Å². The molecule has 0 bridgehead atoms. The van der Waals surface area contributed by atoms with Crippen LogP contribution < -0.4 is 11.3 Å². The van der Waals surface area contributed by atoms with Gasteiger partial charge in [0.05, 0.1) is 0 Å². The fourth-order valence-corrected chi connectivity index (χ4v) is 2.72. The largest absolute Gasteiger partial charge is 0.294 e. The van der Waals surface area contributed by atoms with E-state index in [9.17, 15) is 4.79 Å². The molecule has 1 amide bonds. The van der Waals surface area contributed by atoms with E-state index in [0.717, 1.165) is 22.2 Å². The normalized spacial score (nSPS) is 10.1. The van der Waals surface area contributed by atoms with Gasteiger partial charge in [-0.25, -0.2) is 10.8 Å². The number of rotatable bonds is 5. The number of thiazole rings is 1. The lowest BCUT2D eigenvalue weighted by Crippen LogP contribution is -2.29. The highest BCUT2D eigenvalue weighted by Gasteiger charge is 2.01. The molecule has 1 heterocycles. The Kier molecular flexibility index (Phi) is 4.92. The number of aromatic nitrogens is 1. The second-order valence-electron chi connectivity index (χ2n) is 2.77. The lowest BCUT2D eigenvalue weighted by Gasteiger charge is -1.97. The molecule has 0 aliphatic carbocycles. The summed E-state index contributed by atoms with van der Waals surface area (Å²) in [4.78, 5) is 15.1. The summed E-state index contributed by atoms with van der Waals surface area (Å²) < 4.78 is 1.07. The summed E-state index contributed by atoms with van der Waals surface area (Å²) in [6, 6.07) is 0. The Hall–Kier alpha value is -0.590. The molecule has 0 aliphatic rings. The molecule has 4 nitrogen and oxygen atoms in total. The van der Waals surface area contributed by atoms with Crippen molar-refractivity contribution in [1.82, 2.24) is 10.4 Å². The standard InChI is InChI=1S/C8H13N3OS2/c1-6-5-14-8(10-6)13-4-2-3-7(12)11-9/h5H,2-4,9H2,1H3,(H,11,12). The second kappa shape index (κ2) is 6.00. The minimum absolute atomic E-state index is 0.110. The molecule has 0 aliphatic heterocycles. The van der Waals surface area contributed by atoms with E-state index in [-0.39, 0.29) is 5.91 Å². The van der Waals surface area contributed by atoms with Crippen LogP contribution in [0.4, 0.5) is 0 Å². The average molecular weight is 231 g/mol. The van der Waals surface area contributed by atoms with Gasteiger partial charge in [-0.3, -0.25) is 10.2 Å². The van der Waals surface area contributed by atoms with Gasteiger partial charge >= 0.3 is 0 Å². The summed E-state index contributed by atoms with van der Waals surface area (Å²) in [5.41, 5.74) is 3.16. The zero-order valence-corrected chi connectivity index (χ0v) is 9.58. The zero-order chi connectivity index (χ0) is 10.4. The maximum absolute atomic E-state index is 10.8. The van der Waals surface area contributed by atoms with Crippen molar-refractivity contribution in [3.63, 3.8) is 0 Å². The molecule has 0 unspecified atom stereocenters. The summed E-state index contributed by atoms with van der Waals surface area (Å²) >= 11 is 3.32. The SMILES string of the molecule is Cc1csc(SCCCC(=O)NN)n1. The molecule has 0 radical (unpaired) electrons. The number of nitrogens with one attached hydrogen (secondary N) is 1. The quantitative estimate of drug-likeness (QED) is 0.264. The number of amides is 1. The van der Waals surface area contributed by atoms with Crippen LogP contribution in [0.15, 0.2) is 9.72 Å². The van der Waals surface area contributed by atoms with Crippen molar-refractivity contribution in [2.45, 2.75) is 24.1 Å². The maximum atomic E-state index is 10.8. The summed E-state index contributed by atoms with van der Waals surface area (Å²) in [7, 11) is 0. The zero-order valence-electron chi connectivity index (χ0n) is 7.95. The highest BCUT2D eigenvalue weighted by atomic mass is 32.2. The van der Waals surface area contributed by atoms with Crippen molar-refractivity contribution < 1.29 is 4.79 Å². The van der Waals surface area contributed by atoms with Crippen molar-refractivity contribution in [3.05, 3.63) is 11.1 Å². The minimum atomic E-state index is -0.110. The van der Waals surface area contributed by atoms with E-state index >= 15 is 0 Å². The Balaban J connectivity index is 2.13. The predicted octanol–water partition coefficient (Wildman–Crippen LogP) is 1.31. The second-order valence-corrected chi connectivity index (χ2v) is 4.97. The molecule has 1 aromatic heterocycles. The van der Waals surface area contributed by atoms with Crippen LogP contribution in [0.3, 0.4) is 0 Å². The monoisotopic (exact) mass is 231 g/mol. The molecule has 0 atom stereocenters. The molecule has 0 saturated heterocycles. The van der Waals surface area contributed by atoms with E-state index in [4.69, 9.17) is 5.84 Å². The van der Waals surface area contributed by atoms with Gasteiger partial charge in [0.15, 0.2) is 0 Å². The molecule has 0 fully saturated rings. The van der Waals surface area contributed by atoms with Gasteiger partial charge < -0.3 is 0 Å². The molecule has 14 heavy (non-hydrogen) atoms. The van der Waals surface area contributed by atoms with Crippen molar-refractivity contribution in [2.75, 3.05) is 5.75 Å². The van der Waals surface area contributed by atoms with Crippen LogP contribution in [0, 0.1) is 6.92 Å². The summed E-state index contributed by atoms with van der Waals surface area (Å²) in [5.74, 6) is 5.74. The average Bonchev–Trinajstić information content (AvgIpc) is 2.58. The van der Waals surface area contributed by atoms with Gasteiger partial charge in [0.2, 0.25) is 5.91 Å². The number of carbonyl (C=O) groups is 1. The van der Waals surface area contributed by atoms with Gasteiger partial charge in [0, 0.05) is 23.2 Å². The molecule has 1 aromatic rings. The highest BCUT2D eigenvalue weighted by molar-refractivity contribution is 8.00. The first-order valence-electron chi connectivity index (χ1n) is 4.26. The first-order valence-corrected chi connectivity index (χ1v) is 6.13. The van der Waals surface area contributed by atoms with Gasteiger partial charge in [-0.1, -0.05) is 11.8 Å². The lowest BCUT2D eigenvalue weighted by atomic mass is 10.3. The molecule has 0 aromatic carbocycles.